The lowest BCUT2D eigenvalue weighted by molar-refractivity contribution is 0.227. The van der Waals surface area contributed by atoms with E-state index in [0.717, 1.165) is 51.6 Å². The predicted octanol–water partition coefficient (Wildman–Crippen LogP) is 6.10. The molecular formula is C22H27BrN2O2. The average Bonchev–Trinajstić information content (AvgIpc) is 2.95. The van der Waals surface area contributed by atoms with Gasteiger partial charge < -0.3 is 14.4 Å². The molecular weight excluding hydrogens is 404 g/mol. The first kappa shape index (κ1) is 19.9. The number of hydrogen-bond acceptors (Lipinski definition) is 3. The standard InChI is InChI=1S/C22H27BrN2O2/c1-5-7-16-8-9-20(18(23)11-16)27-22-21-14(3)12-25(17(6-2)13-26)19(21)10-15(4)24-22/h8-12,17,26H,5-7,13H2,1-4H3. The second-order valence-corrected chi connectivity index (χ2v) is 7.90. The van der Waals surface area contributed by atoms with E-state index < -0.39 is 0 Å². The third kappa shape index (κ3) is 4.04. The summed E-state index contributed by atoms with van der Waals surface area (Å²) in [6.07, 6.45) is 5.11. The van der Waals surface area contributed by atoms with Crippen LogP contribution in [0.2, 0.25) is 0 Å². The Kier molecular flexibility index (Phi) is 6.22. The van der Waals surface area contributed by atoms with E-state index >= 15 is 0 Å². The molecule has 144 valence electrons. The molecule has 0 radical (unpaired) electrons. The van der Waals surface area contributed by atoms with Gasteiger partial charge in [0.1, 0.15) is 5.75 Å². The minimum absolute atomic E-state index is 0.0518. The van der Waals surface area contributed by atoms with Crippen molar-refractivity contribution in [3.05, 3.63) is 51.8 Å². The van der Waals surface area contributed by atoms with Crippen molar-refractivity contribution >= 4 is 26.8 Å². The number of aliphatic hydroxyl groups excluding tert-OH is 1. The van der Waals surface area contributed by atoms with E-state index in [4.69, 9.17) is 4.74 Å². The fourth-order valence-corrected chi connectivity index (χ4v) is 4.02. The van der Waals surface area contributed by atoms with Gasteiger partial charge in [-0.2, -0.15) is 0 Å². The Hall–Kier alpha value is -1.85. The molecule has 5 heteroatoms. The van der Waals surface area contributed by atoms with Crippen LogP contribution in [0.25, 0.3) is 10.9 Å². The number of halogens is 1. The van der Waals surface area contributed by atoms with Crippen molar-refractivity contribution in [2.45, 2.75) is 53.0 Å². The van der Waals surface area contributed by atoms with E-state index in [1.54, 1.807) is 0 Å². The summed E-state index contributed by atoms with van der Waals surface area (Å²) in [5.74, 6) is 1.37. The molecule has 0 aliphatic heterocycles. The summed E-state index contributed by atoms with van der Waals surface area (Å²) in [6, 6.07) is 8.33. The lowest BCUT2D eigenvalue weighted by Gasteiger charge is -2.16. The van der Waals surface area contributed by atoms with Crippen LogP contribution in [0, 0.1) is 13.8 Å². The number of pyridine rings is 1. The lowest BCUT2D eigenvalue weighted by Crippen LogP contribution is -2.11. The molecule has 0 aliphatic carbocycles. The van der Waals surface area contributed by atoms with Crippen molar-refractivity contribution < 1.29 is 9.84 Å². The Bertz CT molecular complexity index is 945. The highest BCUT2D eigenvalue weighted by molar-refractivity contribution is 9.10. The zero-order chi connectivity index (χ0) is 19.6. The number of ether oxygens (including phenoxy) is 1. The van der Waals surface area contributed by atoms with Gasteiger partial charge in [0.05, 0.1) is 28.0 Å². The van der Waals surface area contributed by atoms with Gasteiger partial charge in [-0.05, 0) is 71.9 Å². The van der Waals surface area contributed by atoms with Crippen molar-refractivity contribution in [3.63, 3.8) is 0 Å². The summed E-state index contributed by atoms with van der Waals surface area (Å²) in [6.45, 7) is 8.41. The third-order valence-electron chi connectivity index (χ3n) is 4.92. The maximum atomic E-state index is 9.75. The third-order valence-corrected chi connectivity index (χ3v) is 5.54. The molecule has 3 rings (SSSR count). The quantitative estimate of drug-likeness (QED) is 0.492. The molecule has 2 aromatic heterocycles. The van der Waals surface area contributed by atoms with Crippen LogP contribution in [0.15, 0.2) is 34.9 Å². The van der Waals surface area contributed by atoms with Gasteiger partial charge in [0.25, 0.3) is 0 Å². The van der Waals surface area contributed by atoms with Gasteiger partial charge in [0.15, 0.2) is 0 Å². The lowest BCUT2D eigenvalue weighted by atomic mass is 10.1. The first-order valence-electron chi connectivity index (χ1n) is 9.54. The fraction of sp³-hybridized carbons (Fsp3) is 0.409. The van der Waals surface area contributed by atoms with Crippen LogP contribution >= 0.6 is 15.9 Å². The minimum Gasteiger partial charge on any atom is -0.437 e. The molecule has 0 fully saturated rings. The molecule has 0 aliphatic rings. The van der Waals surface area contributed by atoms with Crippen LogP contribution in [-0.4, -0.2) is 21.3 Å². The van der Waals surface area contributed by atoms with Gasteiger partial charge in [-0.15, -0.1) is 0 Å². The van der Waals surface area contributed by atoms with E-state index in [-0.39, 0.29) is 12.6 Å². The number of aryl methyl sites for hydroxylation is 3. The number of hydrogen-bond donors (Lipinski definition) is 1. The van der Waals surface area contributed by atoms with Gasteiger partial charge in [-0.25, -0.2) is 4.98 Å². The number of aromatic nitrogens is 2. The molecule has 0 bridgehead atoms. The molecule has 1 aromatic carbocycles. The van der Waals surface area contributed by atoms with Crippen molar-refractivity contribution in [3.8, 4) is 11.6 Å². The summed E-state index contributed by atoms with van der Waals surface area (Å²) >= 11 is 3.64. The normalized spacial score (nSPS) is 12.5. The molecule has 0 saturated carbocycles. The molecule has 27 heavy (non-hydrogen) atoms. The summed E-state index contributed by atoms with van der Waals surface area (Å²) < 4.78 is 9.32. The van der Waals surface area contributed by atoms with E-state index in [9.17, 15) is 5.11 Å². The molecule has 2 heterocycles. The van der Waals surface area contributed by atoms with E-state index in [0.29, 0.717) is 5.88 Å². The molecule has 1 unspecified atom stereocenters. The van der Waals surface area contributed by atoms with E-state index in [2.05, 4.69) is 70.6 Å². The first-order chi connectivity index (χ1) is 13.0. The zero-order valence-corrected chi connectivity index (χ0v) is 18.0. The SMILES string of the molecule is CCCc1ccc(Oc2nc(C)cc3c2c(C)cn3C(CC)CO)c(Br)c1. The smallest absolute Gasteiger partial charge is 0.229 e. The largest absolute Gasteiger partial charge is 0.437 e. The molecule has 3 aromatic rings. The number of nitrogens with zero attached hydrogens (tertiary/aromatic N) is 2. The maximum absolute atomic E-state index is 9.75. The van der Waals surface area contributed by atoms with Crippen LogP contribution in [0.4, 0.5) is 0 Å². The molecule has 0 spiro atoms. The molecule has 0 saturated heterocycles. The number of fused-ring (bicyclic) bond motifs is 1. The highest BCUT2D eigenvalue weighted by atomic mass is 79.9. The Morgan fingerprint density at radius 1 is 1.22 bits per heavy atom. The van der Waals surface area contributed by atoms with Gasteiger partial charge in [-0.1, -0.05) is 26.3 Å². The van der Waals surface area contributed by atoms with Crippen molar-refractivity contribution in [1.29, 1.82) is 0 Å². The Balaban J connectivity index is 2.07. The minimum atomic E-state index is 0.0518. The highest BCUT2D eigenvalue weighted by Crippen LogP contribution is 2.37. The monoisotopic (exact) mass is 430 g/mol. The predicted molar refractivity (Wildman–Crippen MR) is 114 cm³/mol. The summed E-state index contributed by atoms with van der Waals surface area (Å²) in [5.41, 5.74) is 4.33. The van der Waals surface area contributed by atoms with Gasteiger partial charge in [-0.3, -0.25) is 0 Å². The average molecular weight is 431 g/mol. The second-order valence-electron chi connectivity index (χ2n) is 7.04. The fourth-order valence-electron chi connectivity index (χ4n) is 3.51. The number of rotatable bonds is 7. The topological polar surface area (TPSA) is 47.3 Å². The summed E-state index contributed by atoms with van der Waals surface area (Å²) in [4.78, 5) is 4.66. The van der Waals surface area contributed by atoms with Crippen LogP contribution < -0.4 is 4.74 Å². The van der Waals surface area contributed by atoms with Crippen LogP contribution in [0.5, 0.6) is 11.6 Å². The number of benzene rings is 1. The number of aliphatic hydroxyl groups is 1. The Morgan fingerprint density at radius 3 is 2.63 bits per heavy atom. The van der Waals surface area contributed by atoms with Crippen molar-refractivity contribution in [2.75, 3.05) is 6.61 Å². The van der Waals surface area contributed by atoms with Crippen molar-refractivity contribution in [1.82, 2.24) is 9.55 Å². The van der Waals surface area contributed by atoms with E-state index in [1.165, 1.54) is 5.56 Å². The second kappa shape index (κ2) is 8.44. The molecule has 1 N–H and O–H groups in total. The van der Waals surface area contributed by atoms with Crippen molar-refractivity contribution in [2.24, 2.45) is 0 Å². The maximum Gasteiger partial charge on any atom is 0.229 e. The molecule has 0 amide bonds. The highest BCUT2D eigenvalue weighted by Gasteiger charge is 2.18. The summed E-state index contributed by atoms with van der Waals surface area (Å²) in [7, 11) is 0. The molecule has 4 nitrogen and oxygen atoms in total. The van der Waals surface area contributed by atoms with Gasteiger partial charge in [0.2, 0.25) is 5.88 Å². The van der Waals surface area contributed by atoms with Crippen LogP contribution in [0.1, 0.15) is 49.6 Å². The van der Waals surface area contributed by atoms with Crippen LogP contribution in [0.3, 0.4) is 0 Å². The Morgan fingerprint density at radius 2 is 2.00 bits per heavy atom. The Labute approximate surface area is 169 Å². The van der Waals surface area contributed by atoms with Gasteiger partial charge >= 0.3 is 0 Å². The first-order valence-corrected chi connectivity index (χ1v) is 10.3. The van der Waals surface area contributed by atoms with Gasteiger partial charge in [0, 0.05) is 11.9 Å². The zero-order valence-electron chi connectivity index (χ0n) is 16.4. The summed E-state index contributed by atoms with van der Waals surface area (Å²) in [5, 5.41) is 10.8. The van der Waals surface area contributed by atoms with Crippen LogP contribution in [-0.2, 0) is 6.42 Å². The van der Waals surface area contributed by atoms with E-state index in [1.807, 2.05) is 13.0 Å². The molecule has 1 atom stereocenters.